The molecule has 0 aliphatic heterocycles. The van der Waals surface area contributed by atoms with Crippen LogP contribution in [0.25, 0.3) is 0 Å². The predicted octanol–water partition coefficient (Wildman–Crippen LogP) is 3.35. The van der Waals surface area contributed by atoms with Gasteiger partial charge < -0.3 is 0 Å². The number of benzene rings is 1. The van der Waals surface area contributed by atoms with Crippen molar-refractivity contribution in [2.75, 3.05) is 6.16 Å². The van der Waals surface area contributed by atoms with Crippen molar-refractivity contribution in [1.82, 2.24) is 0 Å². The van der Waals surface area contributed by atoms with Crippen LogP contribution in [0.3, 0.4) is 0 Å². The minimum Gasteiger partial charge on any atom is -0.0901 e. The standard InChI is InChI=1S/C12H17P/c1-11(2)7-6-10-13-12-8-4-3-5-9-12/h3-5,7-9,13H,6,10H2,1-2H3. The summed E-state index contributed by atoms with van der Waals surface area (Å²) in [6.07, 6.45) is 4.82. The van der Waals surface area contributed by atoms with E-state index in [0.29, 0.717) is 0 Å². The zero-order valence-electron chi connectivity index (χ0n) is 8.38. The fourth-order valence-corrected chi connectivity index (χ4v) is 2.14. The Morgan fingerprint density at radius 3 is 2.54 bits per heavy atom. The minimum absolute atomic E-state index is 0.959. The SMILES string of the molecule is CC(C)=CCCPc1ccccc1. The van der Waals surface area contributed by atoms with Crippen LogP contribution in [-0.4, -0.2) is 6.16 Å². The van der Waals surface area contributed by atoms with Gasteiger partial charge in [0.05, 0.1) is 0 Å². The van der Waals surface area contributed by atoms with Gasteiger partial charge in [-0.15, -0.1) is 0 Å². The van der Waals surface area contributed by atoms with Crippen molar-refractivity contribution < 1.29 is 0 Å². The molecule has 1 atom stereocenters. The molecule has 0 N–H and O–H groups in total. The molecule has 0 radical (unpaired) electrons. The summed E-state index contributed by atoms with van der Waals surface area (Å²) in [4.78, 5) is 0. The zero-order valence-corrected chi connectivity index (χ0v) is 9.38. The number of allylic oxidation sites excluding steroid dienone is 2. The molecular formula is C12H17P. The Balaban J connectivity index is 2.25. The van der Waals surface area contributed by atoms with Crippen molar-refractivity contribution in [3.63, 3.8) is 0 Å². The van der Waals surface area contributed by atoms with Gasteiger partial charge in [-0.2, -0.15) is 0 Å². The minimum atomic E-state index is 0.959. The van der Waals surface area contributed by atoms with E-state index in [1.54, 1.807) is 0 Å². The average Bonchev–Trinajstić information content (AvgIpc) is 2.14. The molecule has 0 amide bonds. The first kappa shape index (κ1) is 10.5. The zero-order chi connectivity index (χ0) is 9.52. The second-order valence-corrected chi connectivity index (χ2v) is 4.79. The van der Waals surface area contributed by atoms with Crippen LogP contribution in [-0.2, 0) is 0 Å². The molecule has 0 aromatic heterocycles. The second-order valence-electron chi connectivity index (χ2n) is 3.36. The third-order valence-corrected chi connectivity index (χ3v) is 3.08. The Hall–Kier alpha value is -0.610. The van der Waals surface area contributed by atoms with Gasteiger partial charge in [-0.3, -0.25) is 0 Å². The van der Waals surface area contributed by atoms with E-state index < -0.39 is 0 Å². The smallest absolute Gasteiger partial charge is 0.0271 e. The Kier molecular flexibility index (Phi) is 4.78. The Morgan fingerprint density at radius 1 is 1.23 bits per heavy atom. The lowest BCUT2D eigenvalue weighted by Gasteiger charge is -1.98. The highest BCUT2D eigenvalue weighted by Gasteiger charge is 1.89. The van der Waals surface area contributed by atoms with Crippen molar-refractivity contribution >= 4 is 13.9 Å². The molecule has 0 nitrogen and oxygen atoms in total. The summed E-state index contributed by atoms with van der Waals surface area (Å²) >= 11 is 0. The van der Waals surface area contributed by atoms with Gasteiger partial charge in [0.2, 0.25) is 0 Å². The summed E-state index contributed by atoms with van der Waals surface area (Å²) < 4.78 is 0. The first-order valence-electron chi connectivity index (χ1n) is 4.71. The molecule has 0 spiro atoms. The molecule has 1 unspecified atom stereocenters. The van der Waals surface area contributed by atoms with Gasteiger partial charge in [0, 0.05) is 0 Å². The molecule has 70 valence electrons. The lowest BCUT2D eigenvalue weighted by Crippen LogP contribution is -1.92. The summed E-state index contributed by atoms with van der Waals surface area (Å²) in [6.45, 7) is 4.32. The van der Waals surface area contributed by atoms with Crippen LogP contribution in [0, 0.1) is 0 Å². The number of hydrogen-bond donors (Lipinski definition) is 0. The lowest BCUT2D eigenvalue weighted by atomic mass is 10.3. The fourth-order valence-electron chi connectivity index (χ4n) is 1.13. The molecule has 0 saturated heterocycles. The quantitative estimate of drug-likeness (QED) is 0.390. The summed E-state index contributed by atoms with van der Waals surface area (Å²) in [6, 6.07) is 10.7. The van der Waals surface area contributed by atoms with Crippen LogP contribution in [0.2, 0.25) is 0 Å². The Bertz CT molecular complexity index is 258. The fraction of sp³-hybridized carbons (Fsp3) is 0.333. The first-order chi connectivity index (χ1) is 6.29. The maximum atomic E-state index is 2.32. The summed E-state index contributed by atoms with van der Waals surface area (Å²) in [5.74, 6) is 0. The van der Waals surface area contributed by atoms with E-state index in [-0.39, 0.29) is 0 Å². The maximum Gasteiger partial charge on any atom is -0.0271 e. The Labute approximate surface area is 82.8 Å². The molecule has 1 rings (SSSR count). The normalized spacial score (nSPS) is 10.6. The van der Waals surface area contributed by atoms with Crippen molar-refractivity contribution in [2.24, 2.45) is 0 Å². The highest BCUT2D eigenvalue weighted by molar-refractivity contribution is 7.47. The summed E-state index contributed by atoms with van der Waals surface area (Å²) in [7, 11) is 0.959. The van der Waals surface area contributed by atoms with Crippen LogP contribution in [0.1, 0.15) is 20.3 Å². The number of hydrogen-bond acceptors (Lipinski definition) is 0. The molecule has 0 bridgehead atoms. The molecule has 1 heteroatoms. The van der Waals surface area contributed by atoms with Crippen LogP contribution >= 0.6 is 8.58 Å². The third-order valence-electron chi connectivity index (χ3n) is 1.80. The van der Waals surface area contributed by atoms with E-state index in [1.807, 2.05) is 0 Å². The van der Waals surface area contributed by atoms with Gasteiger partial charge in [0.15, 0.2) is 0 Å². The molecule has 0 fully saturated rings. The summed E-state index contributed by atoms with van der Waals surface area (Å²) in [5, 5.41) is 1.48. The van der Waals surface area contributed by atoms with Crippen LogP contribution in [0.5, 0.6) is 0 Å². The second kappa shape index (κ2) is 5.94. The first-order valence-corrected chi connectivity index (χ1v) is 5.92. The molecule has 0 aliphatic rings. The maximum absolute atomic E-state index is 2.32. The van der Waals surface area contributed by atoms with E-state index in [4.69, 9.17) is 0 Å². The van der Waals surface area contributed by atoms with Gasteiger partial charge in [0.25, 0.3) is 0 Å². The highest BCUT2D eigenvalue weighted by atomic mass is 31.1. The molecule has 0 aliphatic carbocycles. The number of rotatable bonds is 4. The van der Waals surface area contributed by atoms with Crippen molar-refractivity contribution in [1.29, 1.82) is 0 Å². The average molecular weight is 192 g/mol. The molecule has 0 saturated carbocycles. The largest absolute Gasteiger partial charge is 0.0901 e. The van der Waals surface area contributed by atoms with Gasteiger partial charge in [-0.25, -0.2) is 0 Å². The van der Waals surface area contributed by atoms with Gasteiger partial charge in [0.1, 0.15) is 0 Å². The van der Waals surface area contributed by atoms with E-state index >= 15 is 0 Å². The molecule has 1 aromatic carbocycles. The molecule has 1 aromatic rings. The lowest BCUT2D eigenvalue weighted by molar-refractivity contribution is 1.19. The van der Waals surface area contributed by atoms with E-state index in [9.17, 15) is 0 Å². The van der Waals surface area contributed by atoms with Crippen molar-refractivity contribution in [2.45, 2.75) is 20.3 Å². The van der Waals surface area contributed by atoms with Crippen LogP contribution in [0.4, 0.5) is 0 Å². The monoisotopic (exact) mass is 192 g/mol. The molecule has 0 heterocycles. The van der Waals surface area contributed by atoms with E-state index in [2.05, 4.69) is 50.3 Å². The van der Waals surface area contributed by atoms with E-state index in [0.717, 1.165) is 8.58 Å². The van der Waals surface area contributed by atoms with Gasteiger partial charge in [-0.1, -0.05) is 50.6 Å². The third kappa shape index (κ3) is 4.85. The summed E-state index contributed by atoms with van der Waals surface area (Å²) in [5.41, 5.74) is 1.43. The van der Waals surface area contributed by atoms with Gasteiger partial charge >= 0.3 is 0 Å². The molecule has 13 heavy (non-hydrogen) atoms. The highest BCUT2D eigenvalue weighted by Crippen LogP contribution is 2.11. The Morgan fingerprint density at radius 2 is 1.92 bits per heavy atom. The van der Waals surface area contributed by atoms with Crippen molar-refractivity contribution in [3.05, 3.63) is 42.0 Å². The van der Waals surface area contributed by atoms with E-state index in [1.165, 1.54) is 23.5 Å². The predicted molar refractivity (Wildman–Crippen MR) is 63.3 cm³/mol. The van der Waals surface area contributed by atoms with Crippen LogP contribution in [0.15, 0.2) is 42.0 Å². The van der Waals surface area contributed by atoms with Gasteiger partial charge in [-0.05, 0) is 31.7 Å². The van der Waals surface area contributed by atoms with Crippen LogP contribution < -0.4 is 5.30 Å². The van der Waals surface area contributed by atoms with Crippen molar-refractivity contribution in [3.8, 4) is 0 Å². The topological polar surface area (TPSA) is 0 Å². The molecular weight excluding hydrogens is 175 g/mol.